The van der Waals surface area contributed by atoms with Crippen molar-refractivity contribution in [1.29, 1.82) is 0 Å². The molecule has 1 aromatic rings. The van der Waals surface area contributed by atoms with E-state index in [1.165, 1.54) is 0 Å². The number of carbonyl (C=O) groups is 1. The molecule has 0 fully saturated rings. The lowest BCUT2D eigenvalue weighted by molar-refractivity contribution is -0.122. The maximum atomic E-state index is 11.7. The fourth-order valence-electron chi connectivity index (χ4n) is 1.75. The summed E-state index contributed by atoms with van der Waals surface area (Å²) < 4.78 is 0. The lowest BCUT2D eigenvalue weighted by atomic mass is 10.2. The minimum absolute atomic E-state index is 0.0388. The van der Waals surface area contributed by atoms with Crippen molar-refractivity contribution in [2.75, 3.05) is 13.1 Å². The van der Waals surface area contributed by atoms with Crippen molar-refractivity contribution in [1.82, 2.24) is 10.2 Å². The molecule has 0 saturated heterocycles. The quantitative estimate of drug-likeness (QED) is 0.874. The van der Waals surface area contributed by atoms with Crippen LogP contribution in [0.5, 0.6) is 0 Å². The van der Waals surface area contributed by atoms with Gasteiger partial charge in [0, 0.05) is 12.6 Å². The van der Waals surface area contributed by atoms with E-state index in [0.717, 1.165) is 12.1 Å². The third kappa shape index (κ3) is 5.81. The SMILES string of the molecule is CCN(CC(=O)NC(C)C)Cc1ccc(Cl)c(Cl)c1. The number of benzene rings is 1. The van der Waals surface area contributed by atoms with Gasteiger partial charge in [-0.05, 0) is 38.1 Å². The number of hydrogen-bond donors (Lipinski definition) is 1. The molecule has 0 radical (unpaired) electrons. The van der Waals surface area contributed by atoms with Crippen molar-refractivity contribution in [3.8, 4) is 0 Å². The highest BCUT2D eigenvalue weighted by atomic mass is 35.5. The smallest absolute Gasteiger partial charge is 0.234 e. The van der Waals surface area contributed by atoms with Crippen molar-refractivity contribution >= 4 is 29.1 Å². The Morgan fingerprint density at radius 1 is 1.32 bits per heavy atom. The molecule has 0 bridgehead atoms. The molecule has 0 unspecified atom stereocenters. The van der Waals surface area contributed by atoms with Crippen molar-refractivity contribution in [3.63, 3.8) is 0 Å². The molecular weight excluding hydrogens is 283 g/mol. The number of halogens is 2. The molecule has 106 valence electrons. The van der Waals surface area contributed by atoms with Gasteiger partial charge < -0.3 is 5.32 Å². The lowest BCUT2D eigenvalue weighted by Gasteiger charge is -2.21. The maximum absolute atomic E-state index is 11.7. The molecule has 0 atom stereocenters. The molecule has 0 heterocycles. The minimum Gasteiger partial charge on any atom is -0.353 e. The van der Waals surface area contributed by atoms with Gasteiger partial charge in [-0.1, -0.05) is 36.2 Å². The van der Waals surface area contributed by atoms with Gasteiger partial charge >= 0.3 is 0 Å². The lowest BCUT2D eigenvalue weighted by Crippen LogP contribution is -2.39. The van der Waals surface area contributed by atoms with Crippen LogP contribution in [0.3, 0.4) is 0 Å². The Hall–Kier alpha value is -0.770. The summed E-state index contributed by atoms with van der Waals surface area (Å²) in [6.07, 6.45) is 0. The van der Waals surface area contributed by atoms with Crippen LogP contribution in [-0.4, -0.2) is 29.9 Å². The van der Waals surface area contributed by atoms with Crippen LogP contribution in [-0.2, 0) is 11.3 Å². The molecule has 1 aromatic carbocycles. The van der Waals surface area contributed by atoms with E-state index in [1.807, 2.05) is 32.9 Å². The number of likely N-dealkylation sites (N-methyl/N-ethyl adjacent to an activating group) is 1. The highest BCUT2D eigenvalue weighted by Gasteiger charge is 2.11. The molecule has 0 aromatic heterocycles. The summed E-state index contributed by atoms with van der Waals surface area (Å²) in [5.41, 5.74) is 1.05. The average molecular weight is 303 g/mol. The Bertz CT molecular complexity index is 435. The van der Waals surface area contributed by atoms with Gasteiger partial charge in [0.05, 0.1) is 16.6 Å². The van der Waals surface area contributed by atoms with Gasteiger partial charge in [-0.3, -0.25) is 9.69 Å². The summed E-state index contributed by atoms with van der Waals surface area (Å²) in [4.78, 5) is 13.8. The average Bonchev–Trinajstić information content (AvgIpc) is 2.32. The number of amides is 1. The largest absolute Gasteiger partial charge is 0.353 e. The first-order chi connectivity index (χ1) is 8.92. The Morgan fingerprint density at radius 3 is 2.53 bits per heavy atom. The van der Waals surface area contributed by atoms with Gasteiger partial charge in [0.1, 0.15) is 0 Å². The molecule has 1 rings (SSSR count). The molecule has 1 amide bonds. The zero-order valence-corrected chi connectivity index (χ0v) is 13.1. The zero-order valence-electron chi connectivity index (χ0n) is 11.5. The summed E-state index contributed by atoms with van der Waals surface area (Å²) in [5.74, 6) is 0.0388. The van der Waals surface area contributed by atoms with Crippen LogP contribution in [0.4, 0.5) is 0 Å². The predicted octanol–water partition coefficient (Wildman–Crippen LogP) is 3.34. The van der Waals surface area contributed by atoms with Crippen molar-refractivity contribution in [3.05, 3.63) is 33.8 Å². The second-order valence-electron chi connectivity index (χ2n) is 4.77. The van der Waals surface area contributed by atoms with Gasteiger partial charge in [-0.15, -0.1) is 0 Å². The van der Waals surface area contributed by atoms with Crippen molar-refractivity contribution < 1.29 is 4.79 Å². The second kappa shape index (κ2) is 7.73. The van der Waals surface area contributed by atoms with E-state index >= 15 is 0 Å². The Balaban J connectivity index is 2.61. The van der Waals surface area contributed by atoms with Gasteiger partial charge in [-0.25, -0.2) is 0 Å². The van der Waals surface area contributed by atoms with Crippen LogP contribution in [0.1, 0.15) is 26.3 Å². The van der Waals surface area contributed by atoms with Crippen molar-refractivity contribution in [2.24, 2.45) is 0 Å². The summed E-state index contributed by atoms with van der Waals surface area (Å²) in [5, 5.41) is 3.98. The number of rotatable bonds is 6. The Kier molecular flexibility index (Phi) is 6.63. The van der Waals surface area contributed by atoms with Gasteiger partial charge in [0.15, 0.2) is 0 Å². The number of hydrogen-bond acceptors (Lipinski definition) is 2. The van der Waals surface area contributed by atoms with Crippen LogP contribution in [0, 0.1) is 0 Å². The molecule has 0 aliphatic carbocycles. The Morgan fingerprint density at radius 2 is 2.00 bits per heavy atom. The fraction of sp³-hybridized carbons (Fsp3) is 0.500. The highest BCUT2D eigenvalue weighted by molar-refractivity contribution is 6.42. The van der Waals surface area contributed by atoms with Gasteiger partial charge in [-0.2, -0.15) is 0 Å². The summed E-state index contributed by atoms with van der Waals surface area (Å²) in [7, 11) is 0. The fourth-order valence-corrected chi connectivity index (χ4v) is 2.07. The molecule has 0 aliphatic rings. The molecule has 0 spiro atoms. The number of nitrogens with one attached hydrogen (secondary N) is 1. The molecule has 1 N–H and O–H groups in total. The third-order valence-electron chi connectivity index (χ3n) is 2.65. The molecule has 0 aliphatic heterocycles. The van der Waals surface area contributed by atoms with Crippen LogP contribution >= 0.6 is 23.2 Å². The molecular formula is C14H20Cl2N2O. The van der Waals surface area contributed by atoms with E-state index in [1.54, 1.807) is 6.07 Å². The maximum Gasteiger partial charge on any atom is 0.234 e. The second-order valence-corrected chi connectivity index (χ2v) is 5.59. The first-order valence-electron chi connectivity index (χ1n) is 6.38. The monoisotopic (exact) mass is 302 g/mol. The first kappa shape index (κ1) is 16.3. The molecule has 5 heteroatoms. The molecule has 0 saturated carbocycles. The van der Waals surface area contributed by atoms with Gasteiger partial charge in [0.25, 0.3) is 0 Å². The number of carbonyl (C=O) groups excluding carboxylic acids is 1. The standard InChI is InChI=1S/C14H20Cl2N2O/c1-4-18(9-14(19)17-10(2)3)8-11-5-6-12(15)13(16)7-11/h5-7,10H,4,8-9H2,1-3H3,(H,17,19). The van der Waals surface area contributed by atoms with E-state index in [0.29, 0.717) is 23.1 Å². The number of nitrogens with zero attached hydrogens (tertiary/aromatic N) is 1. The van der Waals surface area contributed by atoms with E-state index in [4.69, 9.17) is 23.2 Å². The third-order valence-corrected chi connectivity index (χ3v) is 3.39. The zero-order chi connectivity index (χ0) is 14.4. The van der Waals surface area contributed by atoms with Crippen LogP contribution < -0.4 is 5.32 Å². The van der Waals surface area contributed by atoms with Crippen molar-refractivity contribution in [2.45, 2.75) is 33.4 Å². The van der Waals surface area contributed by atoms with Crippen LogP contribution in [0.25, 0.3) is 0 Å². The summed E-state index contributed by atoms with van der Waals surface area (Å²) in [6.45, 7) is 7.79. The molecule has 19 heavy (non-hydrogen) atoms. The highest BCUT2D eigenvalue weighted by Crippen LogP contribution is 2.23. The topological polar surface area (TPSA) is 32.3 Å². The van der Waals surface area contributed by atoms with Crippen LogP contribution in [0.15, 0.2) is 18.2 Å². The van der Waals surface area contributed by atoms with E-state index in [9.17, 15) is 4.79 Å². The normalized spacial score (nSPS) is 11.1. The predicted molar refractivity (Wildman–Crippen MR) is 80.7 cm³/mol. The van der Waals surface area contributed by atoms with E-state index < -0.39 is 0 Å². The Labute approximate surface area is 124 Å². The summed E-state index contributed by atoms with van der Waals surface area (Å²) >= 11 is 11.9. The van der Waals surface area contributed by atoms with E-state index in [-0.39, 0.29) is 11.9 Å². The summed E-state index contributed by atoms with van der Waals surface area (Å²) in [6, 6.07) is 5.71. The minimum atomic E-state index is 0.0388. The van der Waals surface area contributed by atoms with Crippen LogP contribution in [0.2, 0.25) is 10.0 Å². The van der Waals surface area contributed by atoms with Gasteiger partial charge in [0.2, 0.25) is 5.91 Å². The first-order valence-corrected chi connectivity index (χ1v) is 7.13. The molecule has 3 nitrogen and oxygen atoms in total. The van der Waals surface area contributed by atoms with E-state index in [2.05, 4.69) is 10.2 Å².